The molecule has 3 nitrogen and oxygen atoms in total. The maximum atomic E-state index is 12.1. The van der Waals surface area contributed by atoms with Gasteiger partial charge >= 0.3 is 5.97 Å². The van der Waals surface area contributed by atoms with Crippen molar-refractivity contribution in [2.24, 2.45) is 0 Å². The van der Waals surface area contributed by atoms with Gasteiger partial charge in [-0.2, -0.15) is 0 Å². The minimum absolute atomic E-state index is 0.317. The number of ether oxygens (including phenoxy) is 1. The van der Waals surface area contributed by atoms with Gasteiger partial charge in [0.1, 0.15) is 0 Å². The second kappa shape index (κ2) is 8.27. The number of methoxy groups -OCH3 is 1. The molecule has 0 aliphatic rings. The van der Waals surface area contributed by atoms with Crippen LogP contribution in [0.25, 0.3) is 11.1 Å². The summed E-state index contributed by atoms with van der Waals surface area (Å²) in [4.78, 5) is 12.1. The second-order valence-corrected chi connectivity index (χ2v) is 5.83. The van der Waals surface area contributed by atoms with E-state index in [0.29, 0.717) is 5.56 Å². The van der Waals surface area contributed by atoms with Crippen LogP contribution in [-0.4, -0.2) is 13.1 Å². The van der Waals surface area contributed by atoms with Crippen LogP contribution in [0.4, 0.5) is 0 Å². The Morgan fingerprint density at radius 3 is 2.16 bits per heavy atom. The molecule has 0 unspecified atom stereocenters. The molecule has 0 saturated heterocycles. The molecule has 0 radical (unpaired) electrons. The van der Waals surface area contributed by atoms with Crippen molar-refractivity contribution >= 4 is 5.97 Å². The average Bonchev–Trinajstić information content (AvgIpc) is 2.69. The number of esters is 1. The van der Waals surface area contributed by atoms with Crippen LogP contribution >= 0.6 is 0 Å². The summed E-state index contributed by atoms with van der Waals surface area (Å²) < 4.78 is 4.92. The molecule has 3 aromatic rings. The summed E-state index contributed by atoms with van der Waals surface area (Å²) in [6, 6.07) is 26.1. The highest BCUT2D eigenvalue weighted by molar-refractivity contribution is 5.97. The van der Waals surface area contributed by atoms with Crippen molar-refractivity contribution in [3.63, 3.8) is 0 Å². The number of nitrogens with one attached hydrogen (secondary N) is 1. The van der Waals surface area contributed by atoms with Crippen LogP contribution in [0.3, 0.4) is 0 Å². The lowest BCUT2D eigenvalue weighted by atomic mass is 9.97. The predicted molar refractivity (Wildman–Crippen MR) is 100 cm³/mol. The van der Waals surface area contributed by atoms with Gasteiger partial charge in [0.15, 0.2) is 0 Å². The van der Waals surface area contributed by atoms with Crippen molar-refractivity contribution in [2.75, 3.05) is 7.11 Å². The van der Waals surface area contributed by atoms with Gasteiger partial charge in [0, 0.05) is 13.1 Å². The van der Waals surface area contributed by atoms with Crippen molar-refractivity contribution in [2.45, 2.75) is 13.1 Å². The van der Waals surface area contributed by atoms with Crippen LogP contribution in [0.5, 0.6) is 0 Å². The van der Waals surface area contributed by atoms with E-state index in [1.807, 2.05) is 60.7 Å². The van der Waals surface area contributed by atoms with E-state index in [4.69, 9.17) is 4.74 Å². The van der Waals surface area contributed by atoms with Gasteiger partial charge in [-0.05, 0) is 34.4 Å². The van der Waals surface area contributed by atoms with Crippen molar-refractivity contribution in [1.29, 1.82) is 0 Å². The van der Waals surface area contributed by atoms with Crippen LogP contribution < -0.4 is 5.32 Å². The summed E-state index contributed by atoms with van der Waals surface area (Å²) in [5.41, 5.74) is 4.86. The van der Waals surface area contributed by atoms with Gasteiger partial charge in [-0.1, -0.05) is 66.7 Å². The van der Waals surface area contributed by atoms with Crippen LogP contribution in [0.1, 0.15) is 21.5 Å². The van der Waals surface area contributed by atoms with Gasteiger partial charge in [0.05, 0.1) is 12.7 Å². The summed E-state index contributed by atoms with van der Waals surface area (Å²) in [5, 5.41) is 3.44. The monoisotopic (exact) mass is 331 g/mol. The van der Waals surface area contributed by atoms with E-state index in [1.54, 1.807) is 0 Å². The molecule has 0 amide bonds. The molecule has 0 fully saturated rings. The third kappa shape index (κ3) is 4.34. The molecule has 0 bridgehead atoms. The largest absolute Gasteiger partial charge is 0.465 e. The molecule has 25 heavy (non-hydrogen) atoms. The third-order valence-electron chi connectivity index (χ3n) is 4.08. The van der Waals surface area contributed by atoms with Crippen molar-refractivity contribution in [1.82, 2.24) is 5.32 Å². The molecule has 0 atom stereocenters. The van der Waals surface area contributed by atoms with Crippen molar-refractivity contribution in [3.8, 4) is 11.1 Å². The summed E-state index contributed by atoms with van der Waals surface area (Å²) in [5.74, 6) is -0.317. The molecule has 3 heteroatoms. The maximum Gasteiger partial charge on any atom is 0.338 e. The Kier molecular flexibility index (Phi) is 5.60. The lowest BCUT2D eigenvalue weighted by molar-refractivity contribution is 0.0601. The predicted octanol–water partition coefficient (Wildman–Crippen LogP) is 4.43. The van der Waals surface area contributed by atoms with E-state index in [0.717, 1.165) is 29.8 Å². The highest BCUT2D eigenvalue weighted by Crippen LogP contribution is 2.25. The van der Waals surface area contributed by atoms with Gasteiger partial charge in [0.2, 0.25) is 0 Å². The van der Waals surface area contributed by atoms with E-state index in [-0.39, 0.29) is 5.97 Å². The summed E-state index contributed by atoms with van der Waals surface area (Å²) in [6.07, 6.45) is 0. The van der Waals surface area contributed by atoms with E-state index >= 15 is 0 Å². The third-order valence-corrected chi connectivity index (χ3v) is 4.08. The van der Waals surface area contributed by atoms with Crippen LogP contribution in [0.2, 0.25) is 0 Å². The van der Waals surface area contributed by atoms with E-state index in [9.17, 15) is 4.79 Å². The van der Waals surface area contributed by atoms with Crippen molar-refractivity contribution in [3.05, 3.63) is 95.6 Å². The van der Waals surface area contributed by atoms with E-state index in [2.05, 4.69) is 23.5 Å². The van der Waals surface area contributed by atoms with E-state index in [1.165, 1.54) is 12.7 Å². The van der Waals surface area contributed by atoms with Gasteiger partial charge in [-0.15, -0.1) is 0 Å². The number of benzene rings is 3. The van der Waals surface area contributed by atoms with Gasteiger partial charge in [-0.25, -0.2) is 4.79 Å². The van der Waals surface area contributed by atoms with Crippen LogP contribution in [0, 0.1) is 0 Å². The fourth-order valence-electron chi connectivity index (χ4n) is 2.79. The lowest BCUT2D eigenvalue weighted by Gasteiger charge is -2.12. The standard InChI is InChI=1S/C22H21NO2/c1-25-22(24)20-13-12-18(14-21(20)19-10-6-3-7-11-19)16-23-15-17-8-4-2-5-9-17/h2-14,23H,15-16H2,1H3. The topological polar surface area (TPSA) is 38.3 Å². The summed E-state index contributed by atoms with van der Waals surface area (Å²) in [6.45, 7) is 1.54. The highest BCUT2D eigenvalue weighted by Gasteiger charge is 2.13. The zero-order chi connectivity index (χ0) is 17.5. The molecule has 0 aliphatic heterocycles. The Bertz CT molecular complexity index is 829. The SMILES string of the molecule is COC(=O)c1ccc(CNCc2ccccc2)cc1-c1ccccc1. The Balaban J connectivity index is 1.80. The number of hydrogen-bond donors (Lipinski definition) is 1. The first-order valence-corrected chi connectivity index (χ1v) is 8.29. The van der Waals surface area contributed by atoms with Crippen molar-refractivity contribution < 1.29 is 9.53 Å². The minimum Gasteiger partial charge on any atom is -0.465 e. The lowest BCUT2D eigenvalue weighted by Crippen LogP contribution is -2.13. The van der Waals surface area contributed by atoms with Crippen LogP contribution in [-0.2, 0) is 17.8 Å². The van der Waals surface area contributed by atoms with Gasteiger partial charge < -0.3 is 10.1 Å². The molecule has 126 valence electrons. The Hall–Kier alpha value is -2.91. The van der Waals surface area contributed by atoms with Gasteiger partial charge in [-0.3, -0.25) is 0 Å². The Labute approximate surface area is 148 Å². The molecule has 0 aromatic heterocycles. The highest BCUT2D eigenvalue weighted by atomic mass is 16.5. The maximum absolute atomic E-state index is 12.1. The molecule has 0 heterocycles. The Morgan fingerprint density at radius 2 is 1.48 bits per heavy atom. The molecule has 1 N–H and O–H groups in total. The van der Waals surface area contributed by atoms with Gasteiger partial charge in [0.25, 0.3) is 0 Å². The molecule has 0 saturated carbocycles. The average molecular weight is 331 g/mol. The molecular formula is C22H21NO2. The first kappa shape index (κ1) is 16.9. The van der Waals surface area contributed by atoms with E-state index < -0.39 is 0 Å². The zero-order valence-electron chi connectivity index (χ0n) is 14.2. The normalized spacial score (nSPS) is 10.4. The number of carbonyl (C=O) groups excluding carboxylic acids is 1. The first-order chi connectivity index (χ1) is 12.3. The molecule has 0 aliphatic carbocycles. The fraction of sp³-hybridized carbons (Fsp3) is 0.136. The summed E-state index contributed by atoms with van der Waals surface area (Å²) >= 11 is 0. The summed E-state index contributed by atoms with van der Waals surface area (Å²) in [7, 11) is 1.41. The minimum atomic E-state index is -0.317. The number of hydrogen-bond acceptors (Lipinski definition) is 3. The molecule has 0 spiro atoms. The number of carbonyl (C=O) groups is 1. The molecule has 3 rings (SSSR count). The second-order valence-electron chi connectivity index (χ2n) is 5.83. The molecule has 3 aromatic carbocycles. The first-order valence-electron chi connectivity index (χ1n) is 8.29. The quantitative estimate of drug-likeness (QED) is 0.679. The molecular weight excluding hydrogens is 310 g/mol. The smallest absolute Gasteiger partial charge is 0.338 e. The zero-order valence-corrected chi connectivity index (χ0v) is 14.2. The Morgan fingerprint density at radius 1 is 0.840 bits per heavy atom. The van der Waals surface area contributed by atoms with Crippen LogP contribution in [0.15, 0.2) is 78.9 Å². The number of rotatable bonds is 6. The fourth-order valence-corrected chi connectivity index (χ4v) is 2.79.